The number of aromatic nitrogens is 1. The van der Waals surface area contributed by atoms with Gasteiger partial charge in [-0.2, -0.15) is 0 Å². The van der Waals surface area contributed by atoms with Gasteiger partial charge in [0.1, 0.15) is 6.42 Å². The van der Waals surface area contributed by atoms with E-state index in [1.807, 2.05) is 30.5 Å². The minimum Gasteiger partial charge on any atom is -0.465 e. The van der Waals surface area contributed by atoms with Crippen LogP contribution < -0.4 is 0 Å². The number of benzene rings is 1. The summed E-state index contributed by atoms with van der Waals surface area (Å²) in [7, 11) is 0. The fraction of sp³-hybridized carbons (Fsp3) is 0.286. The first-order chi connectivity index (χ1) is 8.31. The van der Waals surface area contributed by atoms with Crippen molar-refractivity contribution in [1.82, 2.24) is 4.98 Å². The van der Waals surface area contributed by atoms with Gasteiger partial charge in [-0.3, -0.25) is 4.79 Å². The van der Waals surface area contributed by atoms with Crippen molar-refractivity contribution in [3.05, 3.63) is 42.4 Å². The molecule has 1 N–H and O–H groups in total. The second-order valence-corrected chi connectivity index (χ2v) is 3.95. The molecule has 17 heavy (non-hydrogen) atoms. The molecular formula is C14H16NO2. The van der Waals surface area contributed by atoms with Crippen LogP contribution in [0.4, 0.5) is 0 Å². The monoisotopic (exact) mass is 230 g/mol. The van der Waals surface area contributed by atoms with E-state index in [9.17, 15) is 4.79 Å². The highest BCUT2D eigenvalue weighted by molar-refractivity contribution is 5.93. The third kappa shape index (κ3) is 2.87. The van der Waals surface area contributed by atoms with Crippen molar-refractivity contribution < 1.29 is 9.53 Å². The average molecular weight is 230 g/mol. The number of para-hydroxylation sites is 1. The predicted molar refractivity (Wildman–Crippen MR) is 67.6 cm³/mol. The Kier molecular flexibility index (Phi) is 3.81. The first kappa shape index (κ1) is 11.7. The van der Waals surface area contributed by atoms with E-state index in [-0.39, 0.29) is 5.97 Å². The predicted octanol–water partition coefficient (Wildman–Crippen LogP) is 3.06. The van der Waals surface area contributed by atoms with E-state index in [4.69, 9.17) is 4.74 Å². The van der Waals surface area contributed by atoms with Gasteiger partial charge in [0, 0.05) is 17.1 Å². The number of carbonyl (C=O) groups excluding carboxylic acids is 1. The van der Waals surface area contributed by atoms with Crippen molar-refractivity contribution in [3.63, 3.8) is 0 Å². The van der Waals surface area contributed by atoms with Gasteiger partial charge < -0.3 is 9.72 Å². The molecule has 89 valence electrons. The molecule has 1 radical (unpaired) electrons. The van der Waals surface area contributed by atoms with Crippen LogP contribution in [0.1, 0.15) is 25.3 Å². The van der Waals surface area contributed by atoms with Gasteiger partial charge in [-0.05, 0) is 18.1 Å². The zero-order chi connectivity index (χ0) is 12.1. The van der Waals surface area contributed by atoms with Crippen LogP contribution in [-0.2, 0) is 9.53 Å². The molecule has 0 aliphatic heterocycles. The number of hydrogen-bond acceptors (Lipinski definition) is 2. The first-order valence-electron chi connectivity index (χ1n) is 5.89. The minimum atomic E-state index is -0.275. The highest BCUT2D eigenvalue weighted by Crippen LogP contribution is 2.19. The van der Waals surface area contributed by atoms with Crippen molar-refractivity contribution in [2.24, 2.45) is 0 Å². The number of hydrogen-bond donors (Lipinski definition) is 1. The number of rotatable bonds is 5. The molecule has 0 unspecified atom stereocenters. The van der Waals surface area contributed by atoms with Crippen LogP contribution in [0, 0.1) is 6.42 Å². The van der Waals surface area contributed by atoms with E-state index in [0.29, 0.717) is 6.61 Å². The fourth-order valence-electron chi connectivity index (χ4n) is 1.70. The Morgan fingerprint density at radius 2 is 2.24 bits per heavy atom. The van der Waals surface area contributed by atoms with E-state index < -0.39 is 0 Å². The Bertz CT molecular complexity index is 502. The molecule has 0 amide bonds. The molecule has 2 rings (SSSR count). The number of ether oxygens (including phenoxy) is 1. The van der Waals surface area contributed by atoms with E-state index in [2.05, 4.69) is 11.9 Å². The topological polar surface area (TPSA) is 42.1 Å². The molecular weight excluding hydrogens is 214 g/mol. The SMILES string of the molecule is CCCCOC(=O)[CH]c1c[nH]c2ccccc12. The summed E-state index contributed by atoms with van der Waals surface area (Å²) in [5.41, 5.74) is 1.90. The normalized spacial score (nSPS) is 10.6. The van der Waals surface area contributed by atoms with Crippen molar-refractivity contribution in [2.75, 3.05) is 6.61 Å². The quantitative estimate of drug-likeness (QED) is 0.633. The van der Waals surface area contributed by atoms with Crippen LogP contribution in [0.15, 0.2) is 30.5 Å². The van der Waals surface area contributed by atoms with Crippen LogP contribution >= 0.6 is 0 Å². The highest BCUT2D eigenvalue weighted by Gasteiger charge is 2.09. The Hall–Kier alpha value is -1.77. The Morgan fingerprint density at radius 1 is 1.41 bits per heavy atom. The molecule has 0 aliphatic rings. The number of unbranched alkanes of at least 4 members (excludes halogenated alkanes) is 1. The zero-order valence-corrected chi connectivity index (χ0v) is 9.90. The lowest BCUT2D eigenvalue weighted by atomic mass is 10.1. The summed E-state index contributed by atoms with van der Waals surface area (Å²) in [6.45, 7) is 2.56. The van der Waals surface area contributed by atoms with Gasteiger partial charge in [-0.25, -0.2) is 0 Å². The summed E-state index contributed by atoms with van der Waals surface area (Å²) in [6.07, 6.45) is 5.30. The number of fused-ring (bicyclic) bond motifs is 1. The third-order valence-corrected chi connectivity index (χ3v) is 2.64. The molecule has 1 aromatic carbocycles. The Morgan fingerprint density at radius 3 is 3.06 bits per heavy atom. The van der Waals surface area contributed by atoms with Crippen LogP contribution in [0.25, 0.3) is 10.9 Å². The third-order valence-electron chi connectivity index (χ3n) is 2.64. The van der Waals surface area contributed by atoms with Crippen molar-refractivity contribution in [3.8, 4) is 0 Å². The maximum atomic E-state index is 11.5. The summed E-state index contributed by atoms with van der Waals surface area (Å²) in [6, 6.07) is 7.88. The Labute approximate surface area is 101 Å². The summed E-state index contributed by atoms with van der Waals surface area (Å²) in [4.78, 5) is 14.7. The summed E-state index contributed by atoms with van der Waals surface area (Å²) in [5.74, 6) is -0.275. The molecule has 1 heterocycles. The number of aromatic amines is 1. The van der Waals surface area contributed by atoms with Gasteiger partial charge in [0.2, 0.25) is 0 Å². The van der Waals surface area contributed by atoms with Crippen LogP contribution in [0.3, 0.4) is 0 Å². The molecule has 3 heteroatoms. The Balaban J connectivity index is 2.01. The van der Waals surface area contributed by atoms with Gasteiger partial charge in [0.05, 0.1) is 6.61 Å². The van der Waals surface area contributed by atoms with Crippen LogP contribution in [-0.4, -0.2) is 17.6 Å². The molecule has 0 atom stereocenters. The molecule has 0 saturated heterocycles. The number of nitrogens with one attached hydrogen (secondary N) is 1. The standard InChI is InChI=1S/C14H16NO2/c1-2-3-8-17-14(16)9-11-10-15-13-7-5-4-6-12(11)13/h4-7,9-10,15H,2-3,8H2,1H3. The highest BCUT2D eigenvalue weighted by atomic mass is 16.5. The molecule has 2 aromatic rings. The maximum absolute atomic E-state index is 11.5. The van der Waals surface area contributed by atoms with Crippen LogP contribution in [0.2, 0.25) is 0 Å². The maximum Gasteiger partial charge on any atom is 0.314 e. The molecule has 0 bridgehead atoms. The van der Waals surface area contributed by atoms with Gasteiger partial charge in [-0.15, -0.1) is 0 Å². The van der Waals surface area contributed by atoms with Crippen molar-refractivity contribution in [1.29, 1.82) is 0 Å². The fourth-order valence-corrected chi connectivity index (χ4v) is 1.70. The van der Waals surface area contributed by atoms with E-state index >= 15 is 0 Å². The summed E-state index contributed by atoms with van der Waals surface area (Å²) >= 11 is 0. The molecule has 0 spiro atoms. The van der Waals surface area contributed by atoms with Gasteiger partial charge in [0.25, 0.3) is 0 Å². The molecule has 3 nitrogen and oxygen atoms in total. The molecule has 0 saturated carbocycles. The second-order valence-electron chi connectivity index (χ2n) is 3.95. The zero-order valence-electron chi connectivity index (χ0n) is 9.90. The lowest BCUT2D eigenvalue weighted by Gasteiger charge is -2.02. The van der Waals surface area contributed by atoms with Crippen LogP contribution in [0.5, 0.6) is 0 Å². The number of H-pyrrole nitrogens is 1. The van der Waals surface area contributed by atoms with Crippen molar-refractivity contribution >= 4 is 16.9 Å². The van der Waals surface area contributed by atoms with Gasteiger partial charge in [-0.1, -0.05) is 31.5 Å². The van der Waals surface area contributed by atoms with Gasteiger partial charge in [0.15, 0.2) is 0 Å². The smallest absolute Gasteiger partial charge is 0.314 e. The first-order valence-corrected chi connectivity index (χ1v) is 5.89. The van der Waals surface area contributed by atoms with E-state index in [1.165, 1.54) is 6.42 Å². The van der Waals surface area contributed by atoms with E-state index in [0.717, 1.165) is 29.3 Å². The minimum absolute atomic E-state index is 0.275. The molecule has 0 aliphatic carbocycles. The summed E-state index contributed by atoms with van der Waals surface area (Å²) in [5, 5.41) is 1.04. The average Bonchev–Trinajstić information content (AvgIpc) is 2.73. The molecule has 1 aromatic heterocycles. The van der Waals surface area contributed by atoms with Gasteiger partial charge >= 0.3 is 5.97 Å². The number of carbonyl (C=O) groups is 1. The second kappa shape index (κ2) is 5.53. The van der Waals surface area contributed by atoms with E-state index in [1.54, 1.807) is 0 Å². The number of esters is 1. The molecule has 0 fully saturated rings. The largest absolute Gasteiger partial charge is 0.465 e. The lowest BCUT2D eigenvalue weighted by molar-refractivity contribution is -0.139. The lowest BCUT2D eigenvalue weighted by Crippen LogP contribution is -2.06. The summed E-state index contributed by atoms with van der Waals surface area (Å²) < 4.78 is 5.10. The van der Waals surface area contributed by atoms with Crippen molar-refractivity contribution in [2.45, 2.75) is 19.8 Å².